The molecule has 1 saturated heterocycles. The fourth-order valence-corrected chi connectivity index (χ4v) is 1.90. The zero-order valence-corrected chi connectivity index (χ0v) is 8.10. The standard InChI is InChI=1S/C9H11N5O/c10-9-8-7(11-4-12-9)6(13-14-8)5-2-1-3-15-5/h4-5H,1-3H2,(H,13,14)(H2,10,11,12). The van der Waals surface area contributed by atoms with Crippen molar-refractivity contribution in [2.24, 2.45) is 0 Å². The Kier molecular flexibility index (Phi) is 1.81. The van der Waals surface area contributed by atoms with Gasteiger partial charge in [-0.3, -0.25) is 5.10 Å². The van der Waals surface area contributed by atoms with Gasteiger partial charge >= 0.3 is 0 Å². The second-order valence-electron chi connectivity index (χ2n) is 3.60. The average Bonchev–Trinajstić information content (AvgIpc) is 2.85. The van der Waals surface area contributed by atoms with Crippen LogP contribution in [-0.2, 0) is 4.74 Å². The van der Waals surface area contributed by atoms with Crippen molar-refractivity contribution in [2.45, 2.75) is 18.9 Å². The molecule has 2 aromatic heterocycles. The van der Waals surface area contributed by atoms with Crippen molar-refractivity contribution >= 4 is 16.9 Å². The minimum atomic E-state index is 0.0734. The van der Waals surface area contributed by atoms with Gasteiger partial charge < -0.3 is 10.5 Å². The zero-order chi connectivity index (χ0) is 10.3. The van der Waals surface area contributed by atoms with Crippen LogP contribution in [0.25, 0.3) is 11.0 Å². The molecule has 0 spiro atoms. The molecular formula is C9H11N5O. The summed E-state index contributed by atoms with van der Waals surface area (Å²) in [7, 11) is 0. The Morgan fingerprint density at radius 3 is 3.13 bits per heavy atom. The molecule has 0 aromatic carbocycles. The van der Waals surface area contributed by atoms with Gasteiger partial charge in [0.1, 0.15) is 17.9 Å². The summed E-state index contributed by atoms with van der Waals surface area (Å²) in [5.41, 5.74) is 8.01. The van der Waals surface area contributed by atoms with Gasteiger partial charge in [0.2, 0.25) is 0 Å². The largest absolute Gasteiger partial charge is 0.382 e. The molecular weight excluding hydrogens is 194 g/mol. The summed E-state index contributed by atoms with van der Waals surface area (Å²) in [6, 6.07) is 0. The van der Waals surface area contributed by atoms with Crippen LogP contribution in [0.3, 0.4) is 0 Å². The molecule has 2 aromatic rings. The summed E-state index contributed by atoms with van der Waals surface area (Å²) in [6.07, 6.45) is 3.60. The van der Waals surface area contributed by atoms with Crippen LogP contribution in [0.4, 0.5) is 5.82 Å². The number of rotatable bonds is 1. The van der Waals surface area contributed by atoms with E-state index in [1.807, 2.05) is 0 Å². The Morgan fingerprint density at radius 2 is 2.33 bits per heavy atom. The van der Waals surface area contributed by atoms with Gasteiger partial charge in [-0.1, -0.05) is 0 Å². The molecule has 6 nitrogen and oxygen atoms in total. The van der Waals surface area contributed by atoms with E-state index in [2.05, 4.69) is 20.2 Å². The molecule has 1 unspecified atom stereocenters. The Labute approximate surface area is 85.9 Å². The predicted octanol–water partition coefficient (Wildman–Crippen LogP) is 0.787. The monoisotopic (exact) mass is 205 g/mol. The molecule has 0 saturated carbocycles. The highest BCUT2D eigenvalue weighted by Gasteiger charge is 2.23. The number of aromatic nitrogens is 4. The van der Waals surface area contributed by atoms with E-state index in [4.69, 9.17) is 10.5 Å². The van der Waals surface area contributed by atoms with Crippen molar-refractivity contribution in [2.75, 3.05) is 12.3 Å². The van der Waals surface area contributed by atoms with Gasteiger partial charge in [0.05, 0.1) is 5.69 Å². The van der Waals surface area contributed by atoms with Crippen LogP contribution in [0.1, 0.15) is 24.6 Å². The first kappa shape index (κ1) is 8.60. The van der Waals surface area contributed by atoms with Crippen molar-refractivity contribution < 1.29 is 4.74 Å². The molecule has 3 N–H and O–H groups in total. The molecule has 1 aliphatic heterocycles. The molecule has 6 heteroatoms. The molecule has 3 rings (SSSR count). The lowest BCUT2D eigenvalue weighted by Gasteiger charge is -2.05. The van der Waals surface area contributed by atoms with E-state index in [0.717, 1.165) is 30.7 Å². The van der Waals surface area contributed by atoms with Crippen LogP contribution in [0.15, 0.2) is 6.33 Å². The number of hydrogen-bond acceptors (Lipinski definition) is 5. The van der Waals surface area contributed by atoms with Crippen molar-refractivity contribution in [3.05, 3.63) is 12.0 Å². The number of nitrogens with zero attached hydrogens (tertiary/aromatic N) is 3. The second-order valence-corrected chi connectivity index (χ2v) is 3.60. The highest BCUT2D eigenvalue weighted by Crippen LogP contribution is 2.31. The van der Waals surface area contributed by atoms with E-state index in [1.54, 1.807) is 0 Å². The molecule has 0 bridgehead atoms. The zero-order valence-electron chi connectivity index (χ0n) is 8.10. The van der Waals surface area contributed by atoms with Crippen LogP contribution >= 0.6 is 0 Å². The van der Waals surface area contributed by atoms with Crippen molar-refractivity contribution in [3.8, 4) is 0 Å². The summed E-state index contributed by atoms with van der Waals surface area (Å²) in [4.78, 5) is 8.07. The van der Waals surface area contributed by atoms with Crippen LogP contribution in [0.2, 0.25) is 0 Å². The number of H-pyrrole nitrogens is 1. The van der Waals surface area contributed by atoms with E-state index in [9.17, 15) is 0 Å². The number of anilines is 1. The quantitative estimate of drug-likeness (QED) is 0.718. The first-order chi connectivity index (χ1) is 7.36. The van der Waals surface area contributed by atoms with Crippen LogP contribution in [0, 0.1) is 0 Å². The lowest BCUT2D eigenvalue weighted by molar-refractivity contribution is 0.109. The minimum Gasteiger partial charge on any atom is -0.382 e. The third-order valence-corrected chi connectivity index (χ3v) is 2.65. The summed E-state index contributed by atoms with van der Waals surface area (Å²) in [6.45, 7) is 0.797. The Bertz CT molecular complexity index is 488. The number of nitrogens with one attached hydrogen (secondary N) is 1. The second kappa shape index (κ2) is 3.16. The highest BCUT2D eigenvalue weighted by atomic mass is 16.5. The number of fused-ring (bicyclic) bond motifs is 1. The van der Waals surface area contributed by atoms with Gasteiger partial charge in [-0.25, -0.2) is 9.97 Å². The van der Waals surface area contributed by atoms with Gasteiger partial charge in [-0.15, -0.1) is 0 Å². The molecule has 1 atom stereocenters. The van der Waals surface area contributed by atoms with E-state index < -0.39 is 0 Å². The maximum atomic E-state index is 5.69. The fraction of sp³-hybridized carbons (Fsp3) is 0.444. The Hall–Kier alpha value is -1.69. The molecule has 78 valence electrons. The lowest BCUT2D eigenvalue weighted by atomic mass is 10.1. The normalized spacial score (nSPS) is 21.2. The SMILES string of the molecule is Nc1ncnc2c(C3CCCO3)[nH]nc12. The number of aromatic amines is 1. The van der Waals surface area contributed by atoms with Crippen LogP contribution in [0.5, 0.6) is 0 Å². The Morgan fingerprint density at radius 1 is 1.40 bits per heavy atom. The molecule has 1 fully saturated rings. The van der Waals surface area contributed by atoms with Gasteiger partial charge in [-0.2, -0.15) is 5.10 Å². The third kappa shape index (κ3) is 1.25. The van der Waals surface area contributed by atoms with Crippen molar-refractivity contribution in [1.29, 1.82) is 0 Å². The Balaban J connectivity index is 2.15. The van der Waals surface area contributed by atoms with Crippen molar-refractivity contribution in [1.82, 2.24) is 20.2 Å². The summed E-state index contributed by atoms with van der Waals surface area (Å²) < 4.78 is 5.57. The number of nitrogens with two attached hydrogens (primary N) is 1. The van der Waals surface area contributed by atoms with E-state index in [1.165, 1.54) is 6.33 Å². The lowest BCUT2D eigenvalue weighted by Crippen LogP contribution is -1.98. The summed E-state index contributed by atoms with van der Waals surface area (Å²) >= 11 is 0. The van der Waals surface area contributed by atoms with Gasteiger partial charge in [0.15, 0.2) is 11.3 Å². The first-order valence-corrected chi connectivity index (χ1v) is 4.92. The smallest absolute Gasteiger partial charge is 0.155 e. The third-order valence-electron chi connectivity index (χ3n) is 2.65. The van der Waals surface area contributed by atoms with E-state index >= 15 is 0 Å². The molecule has 0 aliphatic carbocycles. The first-order valence-electron chi connectivity index (χ1n) is 4.92. The maximum absolute atomic E-state index is 5.69. The molecule has 15 heavy (non-hydrogen) atoms. The number of hydrogen-bond donors (Lipinski definition) is 2. The molecule has 0 radical (unpaired) electrons. The van der Waals surface area contributed by atoms with E-state index in [-0.39, 0.29) is 6.10 Å². The molecule has 0 amide bonds. The number of nitrogen functional groups attached to an aromatic ring is 1. The summed E-state index contributed by atoms with van der Waals surface area (Å²) in [5.74, 6) is 0.403. The highest BCUT2D eigenvalue weighted by molar-refractivity contribution is 5.85. The van der Waals surface area contributed by atoms with Crippen LogP contribution < -0.4 is 5.73 Å². The maximum Gasteiger partial charge on any atom is 0.155 e. The van der Waals surface area contributed by atoms with Crippen LogP contribution in [-0.4, -0.2) is 26.8 Å². The average molecular weight is 205 g/mol. The van der Waals surface area contributed by atoms with Crippen molar-refractivity contribution in [3.63, 3.8) is 0 Å². The van der Waals surface area contributed by atoms with Gasteiger partial charge in [0, 0.05) is 6.61 Å². The van der Waals surface area contributed by atoms with Gasteiger partial charge in [0.25, 0.3) is 0 Å². The van der Waals surface area contributed by atoms with Gasteiger partial charge in [-0.05, 0) is 12.8 Å². The topological polar surface area (TPSA) is 89.7 Å². The summed E-state index contributed by atoms with van der Waals surface area (Å²) in [5, 5.41) is 7.05. The predicted molar refractivity (Wildman–Crippen MR) is 54.0 cm³/mol. The fourth-order valence-electron chi connectivity index (χ4n) is 1.90. The molecule has 1 aliphatic rings. The van der Waals surface area contributed by atoms with E-state index in [0.29, 0.717) is 11.3 Å². The number of ether oxygens (including phenoxy) is 1. The minimum absolute atomic E-state index is 0.0734. The molecule has 3 heterocycles.